The van der Waals surface area contributed by atoms with E-state index in [4.69, 9.17) is 11.5 Å². The Bertz CT molecular complexity index is 459. The quantitative estimate of drug-likeness (QED) is 0.608. The standard InChI is InChI=1S/C13H18N4/c14-7-1-2-8-17-9-13(16-10-17)11-3-5-12(15)6-4-11/h3-6,9-10H,1-2,7-8,14-15H2. The van der Waals surface area contributed by atoms with Crippen molar-refractivity contribution in [3.05, 3.63) is 36.8 Å². The number of nitrogens with zero attached hydrogens (tertiary/aromatic N) is 2. The maximum absolute atomic E-state index is 5.65. The van der Waals surface area contributed by atoms with Crippen molar-refractivity contribution in [2.45, 2.75) is 19.4 Å². The molecule has 0 unspecified atom stereocenters. The van der Waals surface area contributed by atoms with Crippen LogP contribution in [-0.2, 0) is 6.54 Å². The molecule has 0 amide bonds. The third kappa shape index (κ3) is 3.07. The number of aryl methyl sites for hydroxylation is 1. The Morgan fingerprint density at radius 1 is 1.12 bits per heavy atom. The van der Waals surface area contributed by atoms with Crippen LogP contribution in [0, 0.1) is 0 Å². The molecular weight excluding hydrogens is 212 g/mol. The fraction of sp³-hybridized carbons (Fsp3) is 0.308. The van der Waals surface area contributed by atoms with E-state index in [0.717, 1.165) is 42.9 Å². The fourth-order valence-corrected chi connectivity index (χ4v) is 1.72. The van der Waals surface area contributed by atoms with Crippen molar-refractivity contribution in [1.29, 1.82) is 0 Å². The number of hydrogen-bond donors (Lipinski definition) is 2. The van der Waals surface area contributed by atoms with Crippen molar-refractivity contribution in [2.75, 3.05) is 12.3 Å². The molecule has 0 bridgehead atoms. The zero-order valence-corrected chi connectivity index (χ0v) is 9.84. The lowest BCUT2D eigenvalue weighted by Crippen LogP contribution is -2.01. The molecule has 2 rings (SSSR count). The van der Waals surface area contributed by atoms with E-state index in [1.807, 2.05) is 30.6 Å². The highest BCUT2D eigenvalue weighted by Crippen LogP contribution is 2.18. The smallest absolute Gasteiger partial charge is 0.0953 e. The second kappa shape index (κ2) is 5.50. The molecule has 4 nitrogen and oxygen atoms in total. The minimum absolute atomic E-state index is 0.750. The summed E-state index contributed by atoms with van der Waals surface area (Å²) in [6, 6.07) is 7.76. The van der Waals surface area contributed by atoms with Crippen LogP contribution in [0.1, 0.15) is 12.8 Å². The summed E-state index contributed by atoms with van der Waals surface area (Å²) in [7, 11) is 0. The predicted molar refractivity (Wildman–Crippen MR) is 70.4 cm³/mol. The van der Waals surface area contributed by atoms with Crippen molar-refractivity contribution in [3.8, 4) is 11.3 Å². The summed E-state index contributed by atoms with van der Waals surface area (Å²) in [5, 5.41) is 0. The van der Waals surface area contributed by atoms with Crippen LogP contribution in [0.5, 0.6) is 0 Å². The van der Waals surface area contributed by atoms with Gasteiger partial charge in [0, 0.05) is 24.0 Å². The van der Waals surface area contributed by atoms with Gasteiger partial charge in [0.15, 0.2) is 0 Å². The van der Waals surface area contributed by atoms with E-state index in [2.05, 4.69) is 15.7 Å². The molecular formula is C13H18N4. The summed E-state index contributed by atoms with van der Waals surface area (Å²) in [5.74, 6) is 0. The molecule has 0 saturated heterocycles. The second-order valence-corrected chi connectivity index (χ2v) is 4.11. The Kier molecular flexibility index (Phi) is 3.77. The highest BCUT2D eigenvalue weighted by atomic mass is 15.0. The van der Waals surface area contributed by atoms with Gasteiger partial charge in [0.25, 0.3) is 0 Å². The van der Waals surface area contributed by atoms with E-state index >= 15 is 0 Å². The number of nitrogen functional groups attached to an aromatic ring is 1. The van der Waals surface area contributed by atoms with Gasteiger partial charge in [-0.15, -0.1) is 0 Å². The lowest BCUT2D eigenvalue weighted by Gasteiger charge is -2.00. The SMILES string of the molecule is NCCCCn1cnc(-c2ccc(N)cc2)c1. The first-order valence-electron chi connectivity index (χ1n) is 5.87. The lowest BCUT2D eigenvalue weighted by atomic mass is 10.1. The molecule has 0 spiro atoms. The van der Waals surface area contributed by atoms with Gasteiger partial charge in [-0.1, -0.05) is 12.1 Å². The minimum atomic E-state index is 0.750. The van der Waals surface area contributed by atoms with Crippen LogP contribution >= 0.6 is 0 Å². The number of rotatable bonds is 5. The van der Waals surface area contributed by atoms with Gasteiger partial charge in [-0.2, -0.15) is 0 Å². The van der Waals surface area contributed by atoms with Gasteiger partial charge in [-0.25, -0.2) is 4.98 Å². The summed E-state index contributed by atoms with van der Waals surface area (Å²) < 4.78 is 2.10. The molecule has 4 N–H and O–H groups in total. The van der Waals surface area contributed by atoms with Crippen molar-refractivity contribution >= 4 is 5.69 Å². The first-order valence-corrected chi connectivity index (χ1v) is 5.87. The molecule has 0 saturated carbocycles. The van der Waals surface area contributed by atoms with Crippen molar-refractivity contribution in [1.82, 2.24) is 9.55 Å². The van der Waals surface area contributed by atoms with Crippen LogP contribution < -0.4 is 11.5 Å². The average Bonchev–Trinajstić information content (AvgIpc) is 2.79. The molecule has 1 aromatic heterocycles. The van der Waals surface area contributed by atoms with Gasteiger partial charge in [0.05, 0.1) is 12.0 Å². The Labute approximate surface area is 101 Å². The molecule has 0 aliphatic carbocycles. The molecule has 17 heavy (non-hydrogen) atoms. The first kappa shape index (κ1) is 11.7. The Morgan fingerprint density at radius 2 is 1.88 bits per heavy atom. The van der Waals surface area contributed by atoms with Gasteiger partial charge in [0.1, 0.15) is 0 Å². The summed E-state index contributed by atoms with van der Waals surface area (Å²) in [5.41, 5.74) is 14.0. The third-order valence-corrected chi connectivity index (χ3v) is 2.71. The highest BCUT2D eigenvalue weighted by Gasteiger charge is 2.01. The van der Waals surface area contributed by atoms with E-state index < -0.39 is 0 Å². The van der Waals surface area contributed by atoms with Crippen LogP contribution in [0.15, 0.2) is 36.8 Å². The molecule has 1 heterocycles. The van der Waals surface area contributed by atoms with Gasteiger partial charge in [-0.05, 0) is 31.5 Å². The molecule has 90 valence electrons. The molecule has 4 heteroatoms. The molecule has 0 radical (unpaired) electrons. The summed E-state index contributed by atoms with van der Waals surface area (Å²) in [6.07, 6.45) is 6.06. The molecule has 0 aliphatic rings. The lowest BCUT2D eigenvalue weighted by molar-refractivity contribution is 0.614. The minimum Gasteiger partial charge on any atom is -0.399 e. The van der Waals surface area contributed by atoms with E-state index in [0.29, 0.717) is 0 Å². The molecule has 0 fully saturated rings. The number of hydrogen-bond acceptors (Lipinski definition) is 3. The maximum atomic E-state index is 5.65. The number of imidazole rings is 1. The number of nitrogens with two attached hydrogens (primary N) is 2. The van der Waals surface area contributed by atoms with Crippen molar-refractivity contribution in [3.63, 3.8) is 0 Å². The second-order valence-electron chi connectivity index (χ2n) is 4.11. The van der Waals surface area contributed by atoms with Crippen LogP contribution in [0.4, 0.5) is 5.69 Å². The zero-order valence-electron chi connectivity index (χ0n) is 9.84. The van der Waals surface area contributed by atoms with Crippen LogP contribution in [0.3, 0.4) is 0 Å². The Morgan fingerprint density at radius 3 is 2.59 bits per heavy atom. The van der Waals surface area contributed by atoms with Gasteiger partial charge in [0.2, 0.25) is 0 Å². The van der Waals surface area contributed by atoms with E-state index in [9.17, 15) is 0 Å². The van der Waals surface area contributed by atoms with Crippen LogP contribution in [0.2, 0.25) is 0 Å². The summed E-state index contributed by atoms with van der Waals surface area (Å²) in [4.78, 5) is 4.39. The normalized spacial score (nSPS) is 10.6. The molecule has 2 aromatic rings. The zero-order chi connectivity index (χ0) is 12.1. The largest absolute Gasteiger partial charge is 0.399 e. The maximum Gasteiger partial charge on any atom is 0.0953 e. The predicted octanol–water partition coefficient (Wildman–Crippen LogP) is 1.87. The molecule has 0 atom stereocenters. The van der Waals surface area contributed by atoms with Gasteiger partial charge < -0.3 is 16.0 Å². The number of anilines is 1. The number of unbranched alkanes of at least 4 members (excludes halogenated alkanes) is 1. The average molecular weight is 230 g/mol. The first-order chi connectivity index (χ1) is 8.29. The van der Waals surface area contributed by atoms with E-state index in [-0.39, 0.29) is 0 Å². The number of benzene rings is 1. The summed E-state index contributed by atoms with van der Waals surface area (Å²) in [6.45, 7) is 1.72. The summed E-state index contributed by atoms with van der Waals surface area (Å²) >= 11 is 0. The Balaban J connectivity index is 2.04. The van der Waals surface area contributed by atoms with Gasteiger partial charge in [-0.3, -0.25) is 0 Å². The molecule has 1 aromatic carbocycles. The van der Waals surface area contributed by atoms with E-state index in [1.165, 1.54) is 0 Å². The third-order valence-electron chi connectivity index (χ3n) is 2.71. The van der Waals surface area contributed by atoms with Crippen LogP contribution in [0.25, 0.3) is 11.3 Å². The van der Waals surface area contributed by atoms with Gasteiger partial charge >= 0.3 is 0 Å². The monoisotopic (exact) mass is 230 g/mol. The highest BCUT2D eigenvalue weighted by molar-refractivity contribution is 5.61. The topological polar surface area (TPSA) is 69.9 Å². The van der Waals surface area contributed by atoms with Crippen molar-refractivity contribution < 1.29 is 0 Å². The number of aromatic nitrogens is 2. The van der Waals surface area contributed by atoms with Crippen LogP contribution in [-0.4, -0.2) is 16.1 Å². The Hall–Kier alpha value is -1.81. The van der Waals surface area contributed by atoms with Crippen molar-refractivity contribution in [2.24, 2.45) is 5.73 Å². The molecule has 0 aliphatic heterocycles. The van der Waals surface area contributed by atoms with E-state index in [1.54, 1.807) is 0 Å². The fourth-order valence-electron chi connectivity index (χ4n) is 1.72.